The maximum absolute atomic E-state index is 12.7. The highest BCUT2D eigenvalue weighted by Gasteiger charge is 2.23. The van der Waals surface area contributed by atoms with Crippen LogP contribution in [0, 0.1) is 0 Å². The van der Waals surface area contributed by atoms with Crippen LogP contribution in [0.2, 0.25) is 0 Å². The summed E-state index contributed by atoms with van der Waals surface area (Å²) in [6.07, 6.45) is 4.12. The SMILES string of the molecule is Nc1n[nH]c(=O)c2c1c(-c1ccc(Oc3ccccc3)cc1)cn2[C@@H]1CCCNC1. The summed E-state index contributed by atoms with van der Waals surface area (Å²) in [5, 5.41) is 10.7. The molecule has 2 aromatic carbocycles. The molecule has 5 rings (SSSR count). The Morgan fingerprint density at radius 1 is 1.07 bits per heavy atom. The van der Waals surface area contributed by atoms with E-state index in [1.54, 1.807) is 0 Å². The summed E-state index contributed by atoms with van der Waals surface area (Å²) in [6.45, 7) is 1.83. The molecule has 0 saturated carbocycles. The van der Waals surface area contributed by atoms with Crippen LogP contribution in [-0.2, 0) is 0 Å². The first-order chi connectivity index (χ1) is 14.7. The van der Waals surface area contributed by atoms with Gasteiger partial charge in [-0.3, -0.25) is 4.79 Å². The zero-order valence-corrected chi connectivity index (χ0v) is 16.5. The molecule has 4 aromatic rings. The standard InChI is InChI=1S/C23H23N5O2/c24-22-20-19(15-8-10-18(11-9-15)30-17-6-2-1-3-7-17)14-28(16-5-4-12-25-13-16)21(20)23(29)27-26-22/h1-3,6-11,14,16,25H,4-5,12-13H2,(H2,24,26)(H,27,29)/t16-/m1/s1. The van der Waals surface area contributed by atoms with Crippen LogP contribution < -0.4 is 21.3 Å². The molecule has 0 aliphatic carbocycles. The summed E-state index contributed by atoms with van der Waals surface area (Å²) >= 11 is 0. The van der Waals surface area contributed by atoms with Crippen LogP contribution in [0.1, 0.15) is 18.9 Å². The summed E-state index contributed by atoms with van der Waals surface area (Å²) in [6, 6.07) is 17.7. The Hall–Kier alpha value is -3.58. The first-order valence-corrected chi connectivity index (χ1v) is 10.1. The second kappa shape index (κ2) is 7.68. The number of piperidine rings is 1. The van der Waals surface area contributed by atoms with Crippen LogP contribution in [0.4, 0.5) is 5.82 Å². The Balaban J connectivity index is 1.57. The number of benzene rings is 2. The highest BCUT2D eigenvalue weighted by molar-refractivity contribution is 6.02. The smallest absolute Gasteiger partial charge is 0.288 e. The largest absolute Gasteiger partial charge is 0.457 e. The minimum Gasteiger partial charge on any atom is -0.457 e. The number of nitrogens with two attached hydrogens (primary N) is 1. The third-order valence-corrected chi connectivity index (χ3v) is 5.59. The van der Waals surface area contributed by atoms with Crippen molar-refractivity contribution in [2.45, 2.75) is 18.9 Å². The predicted molar refractivity (Wildman–Crippen MR) is 118 cm³/mol. The first-order valence-electron chi connectivity index (χ1n) is 10.1. The fourth-order valence-corrected chi connectivity index (χ4v) is 4.14. The van der Waals surface area contributed by atoms with Gasteiger partial charge in [0.15, 0.2) is 5.82 Å². The van der Waals surface area contributed by atoms with Crippen molar-refractivity contribution < 1.29 is 4.74 Å². The van der Waals surface area contributed by atoms with Crippen molar-refractivity contribution in [1.82, 2.24) is 20.1 Å². The first kappa shape index (κ1) is 18.4. The number of para-hydroxylation sites is 1. The van der Waals surface area contributed by atoms with Crippen LogP contribution in [0.15, 0.2) is 65.6 Å². The molecular formula is C23H23N5O2. The lowest BCUT2D eigenvalue weighted by Crippen LogP contribution is -2.32. The molecule has 152 valence electrons. The van der Waals surface area contributed by atoms with Crippen LogP contribution in [0.3, 0.4) is 0 Å². The van der Waals surface area contributed by atoms with Gasteiger partial charge < -0.3 is 20.4 Å². The molecule has 3 heterocycles. The Labute approximate surface area is 173 Å². The molecule has 1 fully saturated rings. The molecule has 0 spiro atoms. The number of nitrogens with one attached hydrogen (secondary N) is 2. The topological polar surface area (TPSA) is 98.0 Å². The van der Waals surface area contributed by atoms with Gasteiger partial charge in [-0.1, -0.05) is 30.3 Å². The minimum absolute atomic E-state index is 0.207. The van der Waals surface area contributed by atoms with E-state index in [2.05, 4.69) is 20.1 Å². The lowest BCUT2D eigenvalue weighted by atomic mass is 10.1. The summed E-state index contributed by atoms with van der Waals surface area (Å²) in [5.41, 5.74) is 8.42. The van der Waals surface area contributed by atoms with E-state index in [9.17, 15) is 4.79 Å². The Bertz CT molecular complexity index is 1220. The lowest BCUT2D eigenvalue weighted by molar-refractivity contribution is 0.379. The molecule has 0 amide bonds. The van der Waals surface area contributed by atoms with E-state index >= 15 is 0 Å². The van der Waals surface area contributed by atoms with Gasteiger partial charge in [-0.05, 0) is 49.2 Å². The highest BCUT2D eigenvalue weighted by atomic mass is 16.5. The normalized spacial score (nSPS) is 16.6. The van der Waals surface area contributed by atoms with E-state index < -0.39 is 0 Å². The van der Waals surface area contributed by atoms with Gasteiger partial charge in [-0.25, -0.2) is 5.10 Å². The van der Waals surface area contributed by atoms with Crippen molar-refractivity contribution in [3.05, 3.63) is 71.1 Å². The van der Waals surface area contributed by atoms with Gasteiger partial charge in [0.2, 0.25) is 0 Å². The van der Waals surface area contributed by atoms with Crippen molar-refractivity contribution in [3.8, 4) is 22.6 Å². The molecule has 1 saturated heterocycles. The van der Waals surface area contributed by atoms with Crippen molar-refractivity contribution in [3.63, 3.8) is 0 Å². The minimum atomic E-state index is -0.222. The number of ether oxygens (including phenoxy) is 1. The number of hydrogen-bond acceptors (Lipinski definition) is 5. The zero-order valence-electron chi connectivity index (χ0n) is 16.5. The quantitative estimate of drug-likeness (QED) is 0.484. The number of H-pyrrole nitrogens is 1. The molecule has 2 aromatic heterocycles. The number of fused-ring (bicyclic) bond motifs is 1. The van der Waals surface area contributed by atoms with Crippen LogP contribution in [0.25, 0.3) is 22.0 Å². The molecule has 0 radical (unpaired) electrons. The van der Waals surface area contributed by atoms with Gasteiger partial charge in [0, 0.05) is 24.3 Å². The summed E-state index contributed by atoms with van der Waals surface area (Å²) in [7, 11) is 0. The van der Waals surface area contributed by atoms with Gasteiger partial charge in [0.1, 0.15) is 17.0 Å². The van der Waals surface area contributed by atoms with Gasteiger partial charge in [-0.15, -0.1) is 0 Å². The van der Waals surface area contributed by atoms with E-state index in [0.29, 0.717) is 16.7 Å². The van der Waals surface area contributed by atoms with Crippen LogP contribution in [-0.4, -0.2) is 27.9 Å². The van der Waals surface area contributed by atoms with E-state index in [0.717, 1.165) is 48.6 Å². The Kier molecular flexibility index (Phi) is 4.72. The molecule has 1 aliphatic heterocycles. The van der Waals surface area contributed by atoms with Gasteiger partial charge in [0.05, 0.1) is 5.39 Å². The number of nitrogens with zero attached hydrogens (tertiary/aromatic N) is 2. The number of aromatic nitrogens is 3. The third-order valence-electron chi connectivity index (χ3n) is 5.59. The number of nitrogen functional groups attached to an aromatic ring is 1. The van der Waals surface area contributed by atoms with Crippen molar-refractivity contribution in [2.24, 2.45) is 0 Å². The molecule has 30 heavy (non-hydrogen) atoms. The van der Waals surface area contributed by atoms with Crippen molar-refractivity contribution in [2.75, 3.05) is 18.8 Å². The van der Waals surface area contributed by atoms with Crippen molar-refractivity contribution in [1.29, 1.82) is 0 Å². The van der Waals surface area contributed by atoms with Gasteiger partial charge >= 0.3 is 0 Å². The zero-order chi connectivity index (χ0) is 20.5. The molecular weight excluding hydrogens is 378 g/mol. The average Bonchev–Trinajstić information content (AvgIpc) is 3.20. The van der Waals surface area contributed by atoms with Crippen LogP contribution in [0.5, 0.6) is 11.5 Å². The van der Waals surface area contributed by atoms with E-state index in [-0.39, 0.29) is 11.6 Å². The second-order valence-electron chi connectivity index (χ2n) is 7.55. The van der Waals surface area contributed by atoms with Crippen LogP contribution >= 0.6 is 0 Å². The maximum Gasteiger partial charge on any atom is 0.288 e. The fourth-order valence-electron chi connectivity index (χ4n) is 4.14. The molecule has 1 aliphatic rings. The summed E-state index contributed by atoms with van der Waals surface area (Å²) in [5.74, 6) is 1.85. The number of anilines is 1. The summed E-state index contributed by atoms with van der Waals surface area (Å²) in [4.78, 5) is 12.7. The maximum atomic E-state index is 12.7. The Morgan fingerprint density at radius 3 is 2.57 bits per heavy atom. The average molecular weight is 401 g/mol. The fraction of sp³-hybridized carbons (Fsp3) is 0.217. The highest BCUT2D eigenvalue weighted by Crippen LogP contribution is 2.35. The van der Waals surface area contributed by atoms with E-state index in [1.165, 1.54) is 0 Å². The van der Waals surface area contributed by atoms with Gasteiger partial charge in [-0.2, -0.15) is 5.10 Å². The lowest BCUT2D eigenvalue weighted by Gasteiger charge is -2.24. The van der Waals surface area contributed by atoms with Gasteiger partial charge in [0.25, 0.3) is 5.56 Å². The van der Waals surface area contributed by atoms with Crippen molar-refractivity contribution >= 4 is 16.7 Å². The monoisotopic (exact) mass is 401 g/mol. The number of aromatic amines is 1. The number of rotatable bonds is 4. The molecule has 7 heteroatoms. The summed E-state index contributed by atoms with van der Waals surface area (Å²) < 4.78 is 7.95. The number of hydrogen-bond donors (Lipinski definition) is 3. The Morgan fingerprint density at radius 2 is 1.83 bits per heavy atom. The van der Waals surface area contributed by atoms with E-state index in [1.807, 2.05) is 60.8 Å². The molecule has 0 unspecified atom stereocenters. The molecule has 7 nitrogen and oxygen atoms in total. The van der Waals surface area contributed by atoms with E-state index in [4.69, 9.17) is 10.5 Å². The second-order valence-corrected chi connectivity index (χ2v) is 7.55. The third kappa shape index (κ3) is 3.33. The molecule has 1 atom stereocenters. The predicted octanol–water partition coefficient (Wildman–Crippen LogP) is 3.69. The molecule has 4 N–H and O–H groups in total. The molecule has 0 bridgehead atoms.